The van der Waals surface area contributed by atoms with Crippen molar-refractivity contribution in [3.05, 3.63) is 15.9 Å². The molecule has 0 saturated heterocycles. The van der Waals surface area contributed by atoms with Crippen molar-refractivity contribution in [1.29, 1.82) is 0 Å². The Hall–Kier alpha value is -0.590. The quantitative estimate of drug-likeness (QED) is 0.451. The smallest absolute Gasteiger partial charge is 0.288 e. The summed E-state index contributed by atoms with van der Waals surface area (Å²) in [6.45, 7) is 0. The van der Waals surface area contributed by atoms with E-state index in [2.05, 4.69) is 21.4 Å². The topological polar surface area (TPSA) is 58.4 Å². The Balaban J connectivity index is 2.77. The minimum Gasteiger partial charge on any atom is -0.288 e. The summed E-state index contributed by atoms with van der Waals surface area (Å²) in [5, 5.41) is 2.74. The molecule has 0 aliphatic heterocycles. The molecule has 0 unspecified atom stereocenters. The predicted molar refractivity (Wildman–Crippen MR) is 53.1 cm³/mol. The highest BCUT2D eigenvalue weighted by Crippen LogP contribution is 2.27. The van der Waals surface area contributed by atoms with Crippen molar-refractivity contribution in [3.8, 4) is 0 Å². The zero-order chi connectivity index (χ0) is 9.14. The van der Waals surface area contributed by atoms with Crippen molar-refractivity contribution in [2.24, 2.45) is 5.84 Å². The van der Waals surface area contributed by atoms with Gasteiger partial charge in [-0.15, -0.1) is 11.3 Å². The minimum absolute atomic E-state index is 0.329. The Labute approximate surface area is 82.5 Å². The molecule has 3 N–H and O–H groups in total. The van der Waals surface area contributed by atoms with Gasteiger partial charge >= 0.3 is 6.03 Å². The number of thiophene rings is 1. The summed E-state index contributed by atoms with van der Waals surface area (Å²) in [6, 6.07) is 1.52. The van der Waals surface area contributed by atoms with Gasteiger partial charge in [-0.2, -0.15) is 0 Å². The first-order valence-electron chi connectivity index (χ1n) is 3.13. The molecule has 1 rings (SSSR count). The van der Waals surface area contributed by atoms with Crippen LogP contribution in [0.2, 0.25) is 0 Å². The molecule has 0 aromatic carbocycles. The number of urea groups is 1. The van der Waals surface area contributed by atoms with Gasteiger partial charge in [0, 0.05) is 16.9 Å². The first kappa shape index (κ1) is 9.50. The molecule has 66 valence electrons. The largest absolute Gasteiger partial charge is 0.336 e. The summed E-state index contributed by atoms with van der Waals surface area (Å²) in [4.78, 5) is 12.4. The highest BCUT2D eigenvalue weighted by atomic mass is 79.9. The van der Waals surface area contributed by atoms with E-state index in [4.69, 9.17) is 5.84 Å². The van der Waals surface area contributed by atoms with Crippen LogP contribution in [-0.4, -0.2) is 13.1 Å². The van der Waals surface area contributed by atoms with Gasteiger partial charge in [0.1, 0.15) is 0 Å². The van der Waals surface area contributed by atoms with Crippen LogP contribution >= 0.6 is 27.3 Å². The Morgan fingerprint density at radius 3 is 2.92 bits per heavy atom. The zero-order valence-corrected chi connectivity index (χ0v) is 8.78. The van der Waals surface area contributed by atoms with Gasteiger partial charge in [-0.25, -0.2) is 10.6 Å². The summed E-state index contributed by atoms with van der Waals surface area (Å²) in [7, 11) is 1.65. The number of nitrogens with zero attached hydrogens (tertiary/aromatic N) is 1. The fraction of sp³-hybridized carbons (Fsp3) is 0.167. The van der Waals surface area contributed by atoms with Gasteiger partial charge in [0.2, 0.25) is 0 Å². The third-order valence-corrected chi connectivity index (χ3v) is 3.08. The molecule has 0 bridgehead atoms. The summed E-state index contributed by atoms with van der Waals surface area (Å²) >= 11 is 4.76. The SMILES string of the molecule is CN(C(=O)NN)c1cc(Br)cs1. The molecular weight excluding hydrogens is 242 g/mol. The van der Waals surface area contributed by atoms with Gasteiger partial charge in [-0.3, -0.25) is 10.3 Å². The second-order valence-electron chi connectivity index (χ2n) is 2.11. The number of halogens is 1. The highest BCUT2D eigenvalue weighted by molar-refractivity contribution is 9.10. The van der Waals surface area contributed by atoms with Crippen molar-refractivity contribution < 1.29 is 4.79 Å². The molecule has 0 fully saturated rings. The Bertz CT molecular complexity index is 288. The van der Waals surface area contributed by atoms with E-state index in [9.17, 15) is 4.79 Å². The molecule has 6 heteroatoms. The van der Waals surface area contributed by atoms with Crippen molar-refractivity contribution in [3.63, 3.8) is 0 Å². The lowest BCUT2D eigenvalue weighted by atomic mass is 10.6. The predicted octanol–water partition coefficient (Wildman–Crippen LogP) is 1.53. The van der Waals surface area contributed by atoms with E-state index in [1.807, 2.05) is 11.4 Å². The number of hydrogen-bond acceptors (Lipinski definition) is 3. The van der Waals surface area contributed by atoms with Crippen LogP contribution in [0.25, 0.3) is 0 Å². The number of anilines is 1. The van der Waals surface area contributed by atoms with Crippen LogP contribution in [0, 0.1) is 0 Å². The van der Waals surface area contributed by atoms with E-state index in [1.54, 1.807) is 7.05 Å². The first-order chi connectivity index (χ1) is 5.65. The summed E-state index contributed by atoms with van der Waals surface area (Å²) in [5.41, 5.74) is 2.05. The van der Waals surface area contributed by atoms with Gasteiger partial charge in [0.15, 0.2) is 0 Å². The van der Waals surface area contributed by atoms with Crippen molar-refractivity contribution in [2.75, 3.05) is 11.9 Å². The molecule has 1 aromatic heterocycles. The normalized spacial score (nSPS) is 9.58. The molecule has 0 aliphatic carbocycles. The molecule has 0 atom stereocenters. The van der Waals surface area contributed by atoms with Crippen molar-refractivity contribution >= 4 is 38.3 Å². The van der Waals surface area contributed by atoms with Crippen LogP contribution in [0.4, 0.5) is 9.80 Å². The first-order valence-corrected chi connectivity index (χ1v) is 4.80. The average Bonchev–Trinajstić information content (AvgIpc) is 2.49. The average molecular weight is 250 g/mol. The molecular formula is C6H8BrN3OS. The number of nitrogens with one attached hydrogen (secondary N) is 1. The lowest BCUT2D eigenvalue weighted by Gasteiger charge is -2.12. The summed E-state index contributed by atoms with van der Waals surface area (Å²) < 4.78 is 0.958. The monoisotopic (exact) mass is 249 g/mol. The highest BCUT2D eigenvalue weighted by Gasteiger charge is 2.10. The number of amides is 2. The standard InChI is InChI=1S/C6H8BrN3OS/c1-10(6(11)9-8)5-2-4(7)3-12-5/h2-3H,8H2,1H3,(H,9,11). The molecule has 0 aliphatic rings. The summed E-state index contributed by atoms with van der Waals surface area (Å²) in [6.07, 6.45) is 0. The van der Waals surface area contributed by atoms with Crippen LogP contribution < -0.4 is 16.2 Å². The van der Waals surface area contributed by atoms with Gasteiger partial charge in [0.05, 0.1) is 5.00 Å². The lowest BCUT2D eigenvalue weighted by Crippen LogP contribution is -2.40. The fourth-order valence-electron chi connectivity index (χ4n) is 0.675. The number of carbonyl (C=O) groups excluding carboxylic acids is 1. The van der Waals surface area contributed by atoms with Gasteiger partial charge < -0.3 is 0 Å². The third-order valence-electron chi connectivity index (χ3n) is 1.31. The van der Waals surface area contributed by atoms with Crippen LogP contribution in [0.5, 0.6) is 0 Å². The van der Waals surface area contributed by atoms with E-state index in [0.717, 1.165) is 9.47 Å². The van der Waals surface area contributed by atoms with E-state index < -0.39 is 0 Å². The lowest BCUT2D eigenvalue weighted by molar-refractivity contribution is 0.248. The molecule has 1 heterocycles. The molecule has 0 radical (unpaired) electrons. The Kier molecular flexibility index (Phi) is 3.07. The molecule has 1 aromatic rings. The summed E-state index contributed by atoms with van der Waals surface area (Å²) in [5.74, 6) is 4.97. The molecule has 12 heavy (non-hydrogen) atoms. The van der Waals surface area contributed by atoms with E-state index >= 15 is 0 Å². The Morgan fingerprint density at radius 2 is 2.50 bits per heavy atom. The zero-order valence-electron chi connectivity index (χ0n) is 6.37. The minimum atomic E-state index is -0.329. The number of rotatable bonds is 1. The Morgan fingerprint density at radius 1 is 1.83 bits per heavy atom. The maximum absolute atomic E-state index is 11.0. The van der Waals surface area contributed by atoms with E-state index in [0.29, 0.717) is 0 Å². The number of hydrogen-bond donors (Lipinski definition) is 2. The van der Waals surface area contributed by atoms with Crippen LogP contribution in [0.1, 0.15) is 0 Å². The van der Waals surface area contributed by atoms with E-state index in [-0.39, 0.29) is 6.03 Å². The fourth-order valence-corrected chi connectivity index (χ4v) is 2.06. The maximum atomic E-state index is 11.0. The van der Waals surface area contributed by atoms with Crippen molar-refractivity contribution in [1.82, 2.24) is 5.43 Å². The second kappa shape index (κ2) is 3.88. The molecule has 0 spiro atoms. The number of nitrogens with two attached hydrogens (primary N) is 1. The molecule has 0 saturated carbocycles. The number of carbonyl (C=O) groups is 1. The second-order valence-corrected chi connectivity index (χ2v) is 3.92. The third kappa shape index (κ3) is 1.96. The molecule has 4 nitrogen and oxygen atoms in total. The van der Waals surface area contributed by atoms with Gasteiger partial charge in [0.25, 0.3) is 0 Å². The molecule has 2 amide bonds. The van der Waals surface area contributed by atoms with Gasteiger partial charge in [-0.05, 0) is 22.0 Å². The van der Waals surface area contributed by atoms with Crippen LogP contribution in [-0.2, 0) is 0 Å². The number of hydrazine groups is 1. The van der Waals surface area contributed by atoms with E-state index in [1.165, 1.54) is 16.2 Å². The van der Waals surface area contributed by atoms with Crippen molar-refractivity contribution in [2.45, 2.75) is 0 Å². The maximum Gasteiger partial charge on any atom is 0.336 e. The van der Waals surface area contributed by atoms with Crippen LogP contribution in [0.15, 0.2) is 15.9 Å². The van der Waals surface area contributed by atoms with Crippen LogP contribution in [0.3, 0.4) is 0 Å². The van der Waals surface area contributed by atoms with Gasteiger partial charge in [-0.1, -0.05) is 0 Å².